The summed E-state index contributed by atoms with van der Waals surface area (Å²) in [5.41, 5.74) is 2.88. The number of carbonyl (C=O) groups excluding carboxylic acids is 1. The molecule has 1 aromatic rings. The summed E-state index contributed by atoms with van der Waals surface area (Å²) in [5, 5.41) is 0.345. The number of carbonyl (C=O) groups is 1. The Bertz CT molecular complexity index is 453. The van der Waals surface area contributed by atoms with Gasteiger partial charge in [0.2, 0.25) is 0 Å². The van der Waals surface area contributed by atoms with Crippen molar-refractivity contribution in [2.24, 2.45) is 5.84 Å². The van der Waals surface area contributed by atoms with Gasteiger partial charge in [0.1, 0.15) is 0 Å². The molecule has 6 heteroatoms. The number of nitrogens with zero attached hydrogens (tertiary/aromatic N) is 2. The molecule has 112 valence electrons. The quantitative estimate of drug-likeness (QED) is 0.599. The first-order chi connectivity index (χ1) is 9.54. The Morgan fingerprint density at radius 1 is 1.55 bits per heavy atom. The highest BCUT2D eigenvalue weighted by molar-refractivity contribution is 6.33. The number of aromatic nitrogens is 1. The third-order valence-corrected chi connectivity index (χ3v) is 3.65. The van der Waals surface area contributed by atoms with E-state index in [0.29, 0.717) is 16.4 Å². The Balaban J connectivity index is 2.96. The van der Waals surface area contributed by atoms with Crippen LogP contribution >= 0.6 is 11.6 Å². The summed E-state index contributed by atoms with van der Waals surface area (Å²) < 4.78 is 0. The van der Waals surface area contributed by atoms with Crippen LogP contribution in [0.5, 0.6) is 0 Å². The molecule has 0 aliphatic carbocycles. The van der Waals surface area contributed by atoms with Gasteiger partial charge in [-0.2, -0.15) is 0 Å². The number of nitrogens with one attached hydrogen (secondary N) is 1. The molecule has 0 aliphatic rings. The predicted octanol–water partition coefficient (Wildman–Crippen LogP) is 3.06. The fourth-order valence-corrected chi connectivity index (χ4v) is 2.12. The molecule has 1 unspecified atom stereocenters. The second kappa shape index (κ2) is 8.07. The van der Waals surface area contributed by atoms with Crippen molar-refractivity contribution in [3.8, 4) is 0 Å². The minimum atomic E-state index is -0.0363. The Labute approximate surface area is 125 Å². The average molecular weight is 299 g/mol. The van der Waals surface area contributed by atoms with Gasteiger partial charge in [0.05, 0.1) is 10.6 Å². The van der Waals surface area contributed by atoms with Crippen molar-refractivity contribution < 1.29 is 4.79 Å². The third kappa shape index (κ3) is 4.08. The molecular weight excluding hydrogens is 276 g/mol. The highest BCUT2D eigenvalue weighted by atomic mass is 35.5. The molecule has 3 N–H and O–H groups in total. The Kier molecular flexibility index (Phi) is 6.75. The van der Waals surface area contributed by atoms with Crippen LogP contribution in [0, 0.1) is 0 Å². The van der Waals surface area contributed by atoms with Gasteiger partial charge in [0.25, 0.3) is 5.91 Å². The van der Waals surface area contributed by atoms with Crippen LogP contribution in [0.15, 0.2) is 12.3 Å². The number of nitrogen functional groups attached to an aromatic ring is 1. The molecule has 5 nitrogen and oxygen atoms in total. The number of halogens is 1. The zero-order valence-electron chi connectivity index (χ0n) is 12.3. The molecule has 20 heavy (non-hydrogen) atoms. The van der Waals surface area contributed by atoms with Gasteiger partial charge in [-0.15, -0.1) is 0 Å². The molecule has 1 heterocycles. The van der Waals surface area contributed by atoms with Crippen molar-refractivity contribution >= 4 is 23.3 Å². The fraction of sp³-hybridized carbons (Fsp3) is 0.571. The van der Waals surface area contributed by atoms with Crippen LogP contribution in [0.1, 0.15) is 50.4 Å². The number of pyridine rings is 1. The van der Waals surface area contributed by atoms with Crippen LogP contribution in [0.2, 0.25) is 5.02 Å². The summed E-state index contributed by atoms with van der Waals surface area (Å²) in [6.45, 7) is 6.99. The Hall–Kier alpha value is -1.33. The van der Waals surface area contributed by atoms with E-state index in [1.807, 2.05) is 4.90 Å². The number of hydrazine groups is 1. The lowest BCUT2D eigenvalue weighted by Gasteiger charge is -2.28. The van der Waals surface area contributed by atoms with Crippen molar-refractivity contribution in [3.63, 3.8) is 0 Å². The first-order valence-electron chi connectivity index (χ1n) is 6.98. The monoisotopic (exact) mass is 298 g/mol. The number of nitrogens with two attached hydrogens (primary N) is 1. The molecule has 0 fully saturated rings. The molecule has 0 spiro atoms. The number of unbranched alkanes of at least 4 members (excludes halogenated alkanes) is 1. The molecule has 0 aromatic carbocycles. The van der Waals surface area contributed by atoms with Gasteiger partial charge in [-0.1, -0.05) is 31.9 Å². The molecule has 0 radical (unpaired) electrons. The van der Waals surface area contributed by atoms with Crippen LogP contribution in [0.3, 0.4) is 0 Å². The maximum Gasteiger partial charge on any atom is 0.255 e. The van der Waals surface area contributed by atoms with Crippen LogP contribution in [0.4, 0.5) is 5.82 Å². The van der Waals surface area contributed by atoms with Crippen LogP contribution in [-0.2, 0) is 0 Å². The lowest BCUT2D eigenvalue weighted by molar-refractivity contribution is 0.0685. The number of anilines is 1. The third-order valence-electron chi connectivity index (χ3n) is 3.36. The van der Waals surface area contributed by atoms with E-state index in [-0.39, 0.29) is 11.9 Å². The summed E-state index contributed by atoms with van der Waals surface area (Å²) in [6.07, 6.45) is 4.46. The molecule has 0 bridgehead atoms. The number of hydrogen-bond donors (Lipinski definition) is 2. The average Bonchev–Trinajstić information content (AvgIpc) is 2.46. The first-order valence-corrected chi connectivity index (χ1v) is 7.36. The maximum absolute atomic E-state index is 12.6. The number of hydrogen-bond acceptors (Lipinski definition) is 4. The van der Waals surface area contributed by atoms with Crippen molar-refractivity contribution in [2.45, 2.75) is 46.1 Å². The van der Waals surface area contributed by atoms with Gasteiger partial charge >= 0.3 is 0 Å². The van der Waals surface area contributed by atoms with Crippen molar-refractivity contribution in [3.05, 3.63) is 22.8 Å². The highest BCUT2D eigenvalue weighted by Gasteiger charge is 2.21. The minimum Gasteiger partial charge on any atom is -0.336 e. The van der Waals surface area contributed by atoms with E-state index in [2.05, 4.69) is 31.2 Å². The van der Waals surface area contributed by atoms with E-state index >= 15 is 0 Å². The molecule has 0 saturated carbocycles. The second-order valence-corrected chi connectivity index (χ2v) is 5.22. The van der Waals surface area contributed by atoms with Gasteiger partial charge in [-0.3, -0.25) is 4.79 Å². The lowest BCUT2D eigenvalue weighted by Crippen LogP contribution is -2.39. The van der Waals surface area contributed by atoms with Crippen LogP contribution in [-0.4, -0.2) is 28.4 Å². The van der Waals surface area contributed by atoms with Gasteiger partial charge in [0.15, 0.2) is 5.82 Å². The minimum absolute atomic E-state index is 0.0363. The summed E-state index contributed by atoms with van der Waals surface area (Å²) in [4.78, 5) is 18.5. The smallest absolute Gasteiger partial charge is 0.255 e. The molecular formula is C14H23ClN4O. The molecule has 1 atom stereocenters. The van der Waals surface area contributed by atoms with Gasteiger partial charge < -0.3 is 10.3 Å². The van der Waals surface area contributed by atoms with E-state index in [1.54, 1.807) is 6.07 Å². The predicted molar refractivity (Wildman–Crippen MR) is 82.8 cm³/mol. The topological polar surface area (TPSA) is 71.2 Å². The molecule has 1 amide bonds. The molecule has 0 aliphatic heterocycles. The van der Waals surface area contributed by atoms with E-state index in [0.717, 1.165) is 25.8 Å². The standard InChI is InChI=1S/C14H23ClN4O/c1-4-6-7-19(10(3)5-2)14(20)11-8-12(15)13(18-16)17-9-11/h8-10H,4-7,16H2,1-3H3,(H,17,18). The summed E-state index contributed by atoms with van der Waals surface area (Å²) in [7, 11) is 0. The largest absolute Gasteiger partial charge is 0.336 e. The fourth-order valence-electron chi connectivity index (χ4n) is 1.90. The zero-order valence-corrected chi connectivity index (χ0v) is 13.1. The Morgan fingerprint density at radius 3 is 2.75 bits per heavy atom. The van der Waals surface area contributed by atoms with Crippen molar-refractivity contribution in [2.75, 3.05) is 12.0 Å². The molecule has 1 rings (SSSR count). The van der Waals surface area contributed by atoms with Crippen LogP contribution < -0.4 is 11.3 Å². The summed E-state index contributed by atoms with van der Waals surface area (Å²) in [6, 6.07) is 1.80. The van der Waals surface area contributed by atoms with Gasteiger partial charge in [-0.25, -0.2) is 10.8 Å². The van der Waals surface area contributed by atoms with E-state index < -0.39 is 0 Å². The Morgan fingerprint density at radius 2 is 2.25 bits per heavy atom. The SMILES string of the molecule is CCCCN(C(=O)c1cnc(NN)c(Cl)c1)C(C)CC. The number of rotatable bonds is 7. The van der Waals surface area contributed by atoms with Crippen LogP contribution in [0.25, 0.3) is 0 Å². The highest BCUT2D eigenvalue weighted by Crippen LogP contribution is 2.21. The summed E-state index contributed by atoms with van der Waals surface area (Å²) >= 11 is 6.02. The van der Waals surface area contributed by atoms with E-state index in [1.165, 1.54) is 6.20 Å². The van der Waals surface area contributed by atoms with Gasteiger partial charge in [0, 0.05) is 18.8 Å². The van der Waals surface area contributed by atoms with E-state index in [9.17, 15) is 4.79 Å². The first kappa shape index (κ1) is 16.7. The maximum atomic E-state index is 12.6. The second-order valence-electron chi connectivity index (χ2n) is 4.81. The van der Waals surface area contributed by atoms with Crippen molar-refractivity contribution in [1.82, 2.24) is 9.88 Å². The van der Waals surface area contributed by atoms with E-state index in [4.69, 9.17) is 17.4 Å². The summed E-state index contributed by atoms with van der Waals surface area (Å²) in [5.74, 6) is 5.61. The van der Waals surface area contributed by atoms with Crippen molar-refractivity contribution in [1.29, 1.82) is 0 Å². The number of amides is 1. The molecule has 1 aromatic heterocycles. The van der Waals surface area contributed by atoms with Gasteiger partial charge in [-0.05, 0) is 25.8 Å². The zero-order chi connectivity index (χ0) is 15.1. The normalized spacial score (nSPS) is 12.1. The lowest BCUT2D eigenvalue weighted by atomic mass is 10.1. The molecule has 0 saturated heterocycles.